The van der Waals surface area contributed by atoms with Crippen molar-refractivity contribution in [3.8, 4) is 0 Å². The molecular weight excluding hydrogens is 385 g/mol. The summed E-state index contributed by atoms with van der Waals surface area (Å²) in [5.41, 5.74) is 0.138. The summed E-state index contributed by atoms with van der Waals surface area (Å²) in [5, 5.41) is 5.97. The molecule has 0 aromatic heterocycles. The van der Waals surface area contributed by atoms with Crippen LogP contribution in [0.25, 0.3) is 0 Å². The van der Waals surface area contributed by atoms with Crippen LogP contribution in [0.3, 0.4) is 0 Å². The normalized spacial score (nSPS) is 22.4. The molecule has 3 aliphatic rings. The van der Waals surface area contributed by atoms with E-state index in [1.165, 1.54) is 17.0 Å². The SMILES string of the molecule is O=C(CCN1C(=O)NC2(CCCCC2)C1=O)N[C@H](c1ccc(F)cc1)C1CCCC1. The second kappa shape index (κ2) is 8.74. The largest absolute Gasteiger partial charge is 0.349 e. The van der Waals surface area contributed by atoms with Gasteiger partial charge in [-0.3, -0.25) is 14.5 Å². The molecule has 1 aromatic carbocycles. The summed E-state index contributed by atoms with van der Waals surface area (Å²) in [5.74, 6) is -0.362. The number of nitrogens with one attached hydrogen (secondary N) is 2. The summed E-state index contributed by atoms with van der Waals surface area (Å²) in [7, 11) is 0. The maximum absolute atomic E-state index is 13.3. The Morgan fingerprint density at radius 1 is 1.10 bits per heavy atom. The van der Waals surface area contributed by atoms with Gasteiger partial charge in [0.25, 0.3) is 5.91 Å². The van der Waals surface area contributed by atoms with Gasteiger partial charge in [-0.25, -0.2) is 9.18 Å². The van der Waals surface area contributed by atoms with Crippen LogP contribution < -0.4 is 10.6 Å². The molecule has 1 atom stereocenters. The second-order valence-corrected chi connectivity index (χ2v) is 8.92. The van der Waals surface area contributed by atoms with Crippen molar-refractivity contribution < 1.29 is 18.8 Å². The van der Waals surface area contributed by atoms with Gasteiger partial charge in [0.05, 0.1) is 6.04 Å². The Labute approximate surface area is 176 Å². The van der Waals surface area contributed by atoms with Gasteiger partial charge in [-0.2, -0.15) is 0 Å². The average molecular weight is 416 g/mol. The van der Waals surface area contributed by atoms with Crippen LogP contribution in [-0.4, -0.2) is 34.8 Å². The molecule has 1 aromatic rings. The molecule has 1 spiro atoms. The zero-order valence-corrected chi connectivity index (χ0v) is 17.3. The lowest BCUT2D eigenvalue weighted by molar-refractivity contribution is -0.132. The molecule has 4 amide bonds. The van der Waals surface area contributed by atoms with Crippen LogP contribution in [0.1, 0.15) is 75.8 Å². The zero-order valence-electron chi connectivity index (χ0n) is 17.3. The number of urea groups is 1. The Bertz CT molecular complexity index is 798. The molecule has 30 heavy (non-hydrogen) atoms. The number of nitrogens with zero attached hydrogens (tertiary/aromatic N) is 1. The number of halogens is 1. The highest BCUT2D eigenvalue weighted by Crippen LogP contribution is 2.36. The number of hydrogen-bond acceptors (Lipinski definition) is 3. The molecule has 6 nitrogen and oxygen atoms in total. The average Bonchev–Trinajstić information content (AvgIpc) is 3.34. The molecule has 2 saturated carbocycles. The van der Waals surface area contributed by atoms with Crippen molar-refractivity contribution in [2.45, 2.75) is 75.8 Å². The molecule has 1 aliphatic heterocycles. The molecule has 0 radical (unpaired) electrons. The monoisotopic (exact) mass is 415 g/mol. The first-order chi connectivity index (χ1) is 14.5. The number of amides is 4. The smallest absolute Gasteiger partial charge is 0.325 e. The van der Waals surface area contributed by atoms with Gasteiger partial charge in [0.15, 0.2) is 0 Å². The van der Waals surface area contributed by atoms with E-state index in [1.54, 1.807) is 12.1 Å². The maximum Gasteiger partial charge on any atom is 0.325 e. The van der Waals surface area contributed by atoms with Gasteiger partial charge in [-0.15, -0.1) is 0 Å². The van der Waals surface area contributed by atoms with Crippen LogP contribution in [0.5, 0.6) is 0 Å². The third-order valence-corrected chi connectivity index (χ3v) is 6.93. The van der Waals surface area contributed by atoms with Gasteiger partial charge in [0.1, 0.15) is 11.4 Å². The minimum Gasteiger partial charge on any atom is -0.349 e. The highest BCUT2D eigenvalue weighted by atomic mass is 19.1. The fraction of sp³-hybridized carbons (Fsp3) is 0.609. The highest BCUT2D eigenvalue weighted by Gasteiger charge is 2.51. The van der Waals surface area contributed by atoms with Crippen molar-refractivity contribution in [1.82, 2.24) is 15.5 Å². The first kappa shape index (κ1) is 20.8. The minimum atomic E-state index is -0.758. The van der Waals surface area contributed by atoms with Crippen LogP contribution in [0.4, 0.5) is 9.18 Å². The maximum atomic E-state index is 13.3. The van der Waals surface area contributed by atoms with Gasteiger partial charge in [-0.05, 0) is 49.3 Å². The molecule has 0 unspecified atom stereocenters. The third kappa shape index (κ3) is 4.20. The Hall–Kier alpha value is -2.44. The van der Waals surface area contributed by atoms with Gasteiger partial charge in [-0.1, -0.05) is 44.2 Å². The van der Waals surface area contributed by atoms with Crippen molar-refractivity contribution in [3.63, 3.8) is 0 Å². The lowest BCUT2D eigenvalue weighted by Gasteiger charge is -2.30. The van der Waals surface area contributed by atoms with Gasteiger partial charge < -0.3 is 10.6 Å². The van der Waals surface area contributed by atoms with Crippen LogP contribution >= 0.6 is 0 Å². The zero-order chi connectivity index (χ0) is 21.1. The summed E-state index contributed by atoms with van der Waals surface area (Å²) in [6.07, 6.45) is 8.67. The summed E-state index contributed by atoms with van der Waals surface area (Å²) in [6, 6.07) is 5.72. The number of hydrogen-bond donors (Lipinski definition) is 2. The van der Waals surface area contributed by atoms with Crippen molar-refractivity contribution in [1.29, 1.82) is 0 Å². The van der Waals surface area contributed by atoms with Gasteiger partial charge in [0, 0.05) is 13.0 Å². The quantitative estimate of drug-likeness (QED) is 0.694. The van der Waals surface area contributed by atoms with E-state index in [0.29, 0.717) is 18.8 Å². The molecule has 4 rings (SSSR count). The van der Waals surface area contributed by atoms with Crippen molar-refractivity contribution >= 4 is 17.8 Å². The predicted octanol–water partition coefficient (Wildman–Crippen LogP) is 3.82. The van der Waals surface area contributed by atoms with Crippen molar-refractivity contribution in [2.75, 3.05) is 6.54 Å². The topological polar surface area (TPSA) is 78.5 Å². The van der Waals surface area contributed by atoms with Crippen LogP contribution in [-0.2, 0) is 9.59 Å². The van der Waals surface area contributed by atoms with E-state index in [1.807, 2.05) is 0 Å². The van der Waals surface area contributed by atoms with Crippen LogP contribution in [0, 0.1) is 11.7 Å². The number of imide groups is 1. The lowest BCUT2D eigenvalue weighted by Crippen LogP contribution is -2.48. The van der Waals surface area contributed by atoms with E-state index in [2.05, 4.69) is 10.6 Å². The minimum absolute atomic E-state index is 0.0691. The fourth-order valence-corrected chi connectivity index (χ4v) is 5.27. The highest BCUT2D eigenvalue weighted by molar-refractivity contribution is 6.07. The third-order valence-electron chi connectivity index (χ3n) is 6.93. The van der Waals surface area contributed by atoms with Gasteiger partial charge >= 0.3 is 6.03 Å². The fourth-order valence-electron chi connectivity index (χ4n) is 5.27. The number of carbonyl (C=O) groups excluding carboxylic acids is 3. The van der Waals surface area contributed by atoms with E-state index in [-0.39, 0.29) is 42.7 Å². The molecule has 1 heterocycles. The van der Waals surface area contributed by atoms with E-state index >= 15 is 0 Å². The predicted molar refractivity (Wildman–Crippen MR) is 110 cm³/mol. The summed E-state index contributed by atoms with van der Waals surface area (Å²) >= 11 is 0. The molecule has 3 fully saturated rings. The molecule has 1 saturated heterocycles. The van der Waals surface area contributed by atoms with E-state index in [0.717, 1.165) is 50.5 Å². The first-order valence-corrected chi connectivity index (χ1v) is 11.2. The molecule has 0 bridgehead atoms. The first-order valence-electron chi connectivity index (χ1n) is 11.2. The second-order valence-electron chi connectivity index (χ2n) is 8.92. The molecule has 2 N–H and O–H groups in total. The van der Waals surface area contributed by atoms with E-state index < -0.39 is 5.54 Å². The summed E-state index contributed by atoms with van der Waals surface area (Å²) in [4.78, 5) is 39.2. The summed E-state index contributed by atoms with van der Waals surface area (Å²) < 4.78 is 13.3. The lowest BCUT2D eigenvalue weighted by atomic mass is 9.82. The Balaban J connectivity index is 1.38. The molecule has 162 valence electrons. The Morgan fingerprint density at radius 2 is 1.77 bits per heavy atom. The summed E-state index contributed by atoms with van der Waals surface area (Å²) in [6.45, 7) is 0.0824. The molecule has 2 aliphatic carbocycles. The van der Waals surface area contributed by atoms with E-state index in [4.69, 9.17) is 0 Å². The Kier molecular flexibility index (Phi) is 6.06. The Morgan fingerprint density at radius 3 is 2.43 bits per heavy atom. The van der Waals surface area contributed by atoms with E-state index in [9.17, 15) is 18.8 Å². The van der Waals surface area contributed by atoms with Crippen molar-refractivity contribution in [2.24, 2.45) is 5.92 Å². The standard InChI is InChI=1S/C23H30FN3O3/c24-18-10-8-17(9-11-18)20(16-6-2-3-7-16)25-19(28)12-15-27-21(29)23(26-22(27)30)13-4-1-5-14-23/h8-11,16,20H,1-7,12-15H2,(H,25,28)(H,26,30)/t20-/m0/s1. The van der Waals surface area contributed by atoms with Crippen LogP contribution in [0.2, 0.25) is 0 Å². The van der Waals surface area contributed by atoms with Crippen molar-refractivity contribution in [3.05, 3.63) is 35.6 Å². The molecular formula is C23H30FN3O3. The molecule has 7 heteroatoms. The van der Waals surface area contributed by atoms with Gasteiger partial charge in [0.2, 0.25) is 5.91 Å². The van der Waals surface area contributed by atoms with Crippen LogP contribution in [0.15, 0.2) is 24.3 Å². The number of carbonyl (C=O) groups is 3. The number of benzene rings is 1. The number of rotatable bonds is 6.